The molecule has 2 nitrogen and oxygen atoms in total. The van der Waals surface area contributed by atoms with Crippen LogP contribution in [0.2, 0.25) is 0 Å². The van der Waals surface area contributed by atoms with Gasteiger partial charge in [0, 0.05) is 0 Å². The number of nitrogens with zero attached hydrogens (tertiary/aromatic N) is 2. The van der Waals surface area contributed by atoms with Gasteiger partial charge in [0.15, 0.2) is 0 Å². The Labute approximate surface area is 90.2 Å². The van der Waals surface area contributed by atoms with Crippen LogP contribution in [0.25, 0.3) is 0 Å². The SMILES string of the molecule is CCCN(CCC)[N+](C(C)C)C(C)C. The number of hydrazine groups is 1. The van der Waals surface area contributed by atoms with E-state index in [4.69, 9.17) is 0 Å². The predicted octanol–water partition coefficient (Wildman–Crippen LogP) is 2.98. The summed E-state index contributed by atoms with van der Waals surface area (Å²) in [7, 11) is 0. The zero-order valence-electron chi connectivity index (χ0n) is 10.9. The maximum Gasteiger partial charge on any atom is 0.149 e. The van der Waals surface area contributed by atoms with E-state index in [1.165, 1.54) is 25.9 Å². The van der Waals surface area contributed by atoms with Crippen molar-refractivity contribution in [2.24, 2.45) is 0 Å². The predicted molar refractivity (Wildman–Crippen MR) is 64.6 cm³/mol. The first-order chi connectivity index (χ1) is 6.54. The second-order valence-electron chi connectivity index (χ2n) is 4.52. The molecule has 0 atom stereocenters. The van der Waals surface area contributed by atoms with E-state index in [1.54, 1.807) is 0 Å². The Balaban J connectivity index is 4.37. The highest BCUT2D eigenvalue weighted by Crippen LogP contribution is 2.07. The number of hydrogen-bond acceptors (Lipinski definition) is 2. The molecular formula is C12H28N2+. The molecule has 0 spiro atoms. The largest absolute Gasteiger partial charge is 0.149 e. The van der Waals surface area contributed by atoms with Gasteiger partial charge >= 0.3 is 0 Å². The molecule has 0 amide bonds. The summed E-state index contributed by atoms with van der Waals surface area (Å²) in [5.41, 5.74) is 0. The first kappa shape index (κ1) is 13.9. The molecule has 0 fully saturated rings. The second-order valence-corrected chi connectivity index (χ2v) is 4.52. The summed E-state index contributed by atoms with van der Waals surface area (Å²) in [5.74, 6) is 0. The summed E-state index contributed by atoms with van der Waals surface area (Å²) >= 11 is 0. The van der Waals surface area contributed by atoms with Crippen LogP contribution in [0.4, 0.5) is 0 Å². The second kappa shape index (κ2) is 7.24. The molecule has 0 aliphatic carbocycles. The van der Waals surface area contributed by atoms with Crippen molar-refractivity contribution in [3.8, 4) is 0 Å². The van der Waals surface area contributed by atoms with Gasteiger partial charge in [-0.3, -0.25) is 0 Å². The summed E-state index contributed by atoms with van der Waals surface area (Å²) in [6.45, 7) is 16.0. The fraction of sp³-hybridized carbons (Fsp3) is 1.00. The molecule has 0 aromatic carbocycles. The monoisotopic (exact) mass is 200 g/mol. The third-order valence-corrected chi connectivity index (χ3v) is 2.35. The Hall–Kier alpha value is -0.0800. The van der Waals surface area contributed by atoms with Crippen LogP contribution in [0.15, 0.2) is 0 Å². The Kier molecular flexibility index (Phi) is 7.20. The molecule has 1 radical (unpaired) electrons. The molecule has 0 bridgehead atoms. The topological polar surface area (TPSA) is 9.14 Å². The fourth-order valence-corrected chi connectivity index (χ4v) is 2.11. The maximum absolute atomic E-state index is 2.51. The summed E-state index contributed by atoms with van der Waals surface area (Å²) in [6, 6.07) is 1.21. The van der Waals surface area contributed by atoms with Gasteiger partial charge in [-0.1, -0.05) is 18.9 Å². The molecule has 85 valence electrons. The molecule has 0 aromatic rings. The van der Waals surface area contributed by atoms with Crippen molar-refractivity contribution >= 4 is 0 Å². The Morgan fingerprint density at radius 2 is 1.21 bits per heavy atom. The molecule has 0 aromatic heterocycles. The molecule has 0 saturated heterocycles. The zero-order chi connectivity index (χ0) is 11.1. The number of rotatable bonds is 7. The van der Waals surface area contributed by atoms with Gasteiger partial charge in [0.25, 0.3) is 0 Å². The van der Waals surface area contributed by atoms with Crippen LogP contribution in [0.1, 0.15) is 54.4 Å². The molecule has 0 N–H and O–H groups in total. The van der Waals surface area contributed by atoms with Crippen molar-refractivity contribution in [3.63, 3.8) is 0 Å². The standard InChI is InChI=1S/C12H28N2/c1-7-9-13(10-8-2)14(11(3)4)12(5)6/h11-12H,7-10H2,1-6H3/q+1. The van der Waals surface area contributed by atoms with Gasteiger partial charge in [-0.05, 0) is 40.5 Å². The minimum Gasteiger partial charge on any atom is -0.106 e. The fourth-order valence-electron chi connectivity index (χ4n) is 2.11. The van der Waals surface area contributed by atoms with Crippen molar-refractivity contribution in [1.29, 1.82) is 0 Å². The minimum absolute atomic E-state index is 0.605. The van der Waals surface area contributed by atoms with Gasteiger partial charge in [0.2, 0.25) is 0 Å². The Morgan fingerprint density at radius 3 is 1.43 bits per heavy atom. The molecule has 0 heterocycles. The van der Waals surface area contributed by atoms with Crippen molar-refractivity contribution in [3.05, 3.63) is 0 Å². The van der Waals surface area contributed by atoms with Crippen LogP contribution in [0.3, 0.4) is 0 Å². The van der Waals surface area contributed by atoms with E-state index >= 15 is 0 Å². The summed E-state index contributed by atoms with van der Waals surface area (Å²) in [5, 5.41) is 5.02. The van der Waals surface area contributed by atoms with Crippen LogP contribution in [0, 0.1) is 0 Å². The molecule has 14 heavy (non-hydrogen) atoms. The Morgan fingerprint density at radius 1 is 0.857 bits per heavy atom. The lowest BCUT2D eigenvalue weighted by Crippen LogP contribution is -2.56. The molecule has 0 rings (SSSR count). The highest BCUT2D eigenvalue weighted by atomic mass is 15.6. The van der Waals surface area contributed by atoms with Gasteiger partial charge in [-0.25, -0.2) is 0 Å². The van der Waals surface area contributed by atoms with Gasteiger partial charge < -0.3 is 0 Å². The van der Waals surface area contributed by atoms with Gasteiger partial charge in [-0.2, -0.15) is 0 Å². The van der Waals surface area contributed by atoms with E-state index in [0.717, 1.165) is 0 Å². The lowest BCUT2D eigenvalue weighted by Gasteiger charge is -2.29. The highest BCUT2D eigenvalue weighted by molar-refractivity contribution is 4.72. The van der Waals surface area contributed by atoms with Crippen molar-refractivity contribution in [1.82, 2.24) is 10.0 Å². The normalized spacial score (nSPS) is 12.4. The summed E-state index contributed by atoms with van der Waals surface area (Å²) in [4.78, 5) is 0. The summed E-state index contributed by atoms with van der Waals surface area (Å²) < 4.78 is 0. The maximum atomic E-state index is 2.51. The van der Waals surface area contributed by atoms with E-state index in [2.05, 4.69) is 51.6 Å². The van der Waals surface area contributed by atoms with Crippen LogP contribution in [-0.4, -0.2) is 30.2 Å². The van der Waals surface area contributed by atoms with E-state index in [-0.39, 0.29) is 0 Å². The quantitative estimate of drug-likeness (QED) is 0.453. The van der Waals surface area contributed by atoms with Gasteiger partial charge in [0.1, 0.15) is 12.1 Å². The smallest absolute Gasteiger partial charge is 0.106 e. The number of hydrogen-bond donors (Lipinski definition) is 0. The Bertz CT molecular complexity index is 118. The van der Waals surface area contributed by atoms with Gasteiger partial charge in [0.05, 0.1) is 13.1 Å². The molecule has 0 unspecified atom stereocenters. The molecule has 0 aliphatic rings. The average Bonchev–Trinajstić information content (AvgIpc) is 2.03. The summed E-state index contributed by atoms with van der Waals surface area (Å²) in [6.07, 6.45) is 2.46. The third kappa shape index (κ3) is 4.43. The lowest BCUT2D eigenvalue weighted by molar-refractivity contribution is 0.0185. The van der Waals surface area contributed by atoms with Crippen molar-refractivity contribution in [2.45, 2.75) is 66.5 Å². The molecule has 0 aliphatic heterocycles. The van der Waals surface area contributed by atoms with E-state index in [0.29, 0.717) is 12.1 Å². The third-order valence-electron chi connectivity index (χ3n) is 2.35. The first-order valence-corrected chi connectivity index (χ1v) is 6.07. The average molecular weight is 200 g/mol. The highest BCUT2D eigenvalue weighted by Gasteiger charge is 2.30. The minimum atomic E-state index is 0.605. The van der Waals surface area contributed by atoms with Crippen LogP contribution < -0.4 is 5.01 Å². The molecule has 0 saturated carbocycles. The van der Waals surface area contributed by atoms with Crippen LogP contribution in [0.5, 0.6) is 0 Å². The van der Waals surface area contributed by atoms with Crippen LogP contribution >= 0.6 is 0 Å². The zero-order valence-corrected chi connectivity index (χ0v) is 10.9. The molecular weight excluding hydrogens is 172 g/mol. The van der Waals surface area contributed by atoms with E-state index < -0.39 is 0 Å². The van der Waals surface area contributed by atoms with Crippen molar-refractivity contribution < 1.29 is 0 Å². The van der Waals surface area contributed by atoms with E-state index in [9.17, 15) is 0 Å². The first-order valence-electron chi connectivity index (χ1n) is 6.07. The van der Waals surface area contributed by atoms with Gasteiger partial charge in [-0.15, -0.1) is 5.01 Å². The van der Waals surface area contributed by atoms with E-state index in [1.807, 2.05) is 0 Å². The van der Waals surface area contributed by atoms with Crippen molar-refractivity contribution in [2.75, 3.05) is 13.1 Å². The van der Waals surface area contributed by atoms with Crippen LogP contribution in [-0.2, 0) is 0 Å². The molecule has 2 heteroatoms. The lowest BCUT2D eigenvalue weighted by atomic mass is 10.2.